The van der Waals surface area contributed by atoms with E-state index in [1.54, 1.807) is 12.1 Å². The fourth-order valence-corrected chi connectivity index (χ4v) is 1.64. The van der Waals surface area contributed by atoms with E-state index in [1.165, 1.54) is 26.4 Å². The molecule has 15 heavy (non-hydrogen) atoms. The van der Waals surface area contributed by atoms with Crippen LogP contribution in [0, 0.1) is 0 Å². The fraction of sp³-hybridized carbons (Fsp3) is 0.222. The quantitative estimate of drug-likeness (QED) is 0.573. The van der Waals surface area contributed by atoms with E-state index in [9.17, 15) is 9.36 Å². The molecule has 0 aliphatic carbocycles. The second kappa shape index (κ2) is 5.07. The summed E-state index contributed by atoms with van der Waals surface area (Å²) in [5, 5.41) is 0. The van der Waals surface area contributed by atoms with Gasteiger partial charge in [-0.25, -0.2) is 4.57 Å². The van der Waals surface area contributed by atoms with Crippen LogP contribution in [0.4, 0.5) is 0 Å². The van der Waals surface area contributed by atoms with Crippen LogP contribution < -0.4 is 4.52 Å². The van der Waals surface area contributed by atoms with Crippen molar-refractivity contribution in [3.05, 3.63) is 29.8 Å². The molecule has 0 radical (unpaired) electrons. The summed E-state index contributed by atoms with van der Waals surface area (Å²) < 4.78 is 25.8. The molecular weight excluding hydrogens is 219 g/mol. The van der Waals surface area contributed by atoms with E-state index in [2.05, 4.69) is 9.05 Å². The molecule has 82 valence electrons. The van der Waals surface area contributed by atoms with Gasteiger partial charge in [-0.05, 0) is 12.1 Å². The molecule has 0 spiro atoms. The van der Waals surface area contributed by atoms with Gasteiger partial charge in [-0.1, -0.05) is 12.1 Å². The molecule has 1 aromatic rings. The van der Waals surface area contributed by atoms with E-state index in [0.29, 0.717) is 6.29 Å². The number of para-hydroxylation sites is 1. The lowest BCUT2D eigenvalue weighted by Gasteiger charge is -2.14. The van der Waals surface area contributed by atoms with Crippen LogP contribution >= 0.6 is 7.82 Å². The summed E-state index contributed by atoms with van der Waals surface area (Å²) in [5.41, 5.74) is 0.284. The molecule has 0 saturated heterocycles. The number of rotatable bonds is 5. The lowest BCUT2D eigenvalue weighted by molar-refractivity contribution is 0.112. The van der Waals surface area contributed by atoms with Gasteiger partial charge in [0.05, 0.1) is 5.56 Å². The van der Waals surface area contributed by atoms with Crippen molar-refractivity contribution in [3.63, 3.8) is 0 Å². The molecule has 0 amide bonds. The number of hydrogen-bond donors (Lipinski definition) is 0. The van der Waals surface area contributed by atoms with E-state index in [1.807, 2.05) is 0 Å². The third-order valence-corrected chi connectivity index (χ3v) is 3.02. The highest BCUT2D eigenvalue weighted by Crippen LogP contribution is 2.48. The number of benzene rings is 1. The van der Waals surface area contributed by atoms with Crippen molar-refractivity contribution in [3.8, 4) is 5.75 Å². The summed E-state index contributed by atoms with van der Waals surface area (Å²) in [7, 11) is -1.20. The first-order valence-corrected chi connectivity index (χ1v) is 5.56. The summed E-state index contributed by atoms with van der Waals surface area (Å²) >= 11 is 0. The zero-order chi connectivity index (χ0) is 11.3. The predicted octanol–water partition coefficient (Wildman–Crippen LogP) is 2.28. The molecule has 0 aromatic heterocycles. The van der Waals surface area contributed by atoms with Gasteiger partial charge in [-0.3, -0.25) is 13.8 Å². The molecule has 1 rings (SSSR count). The summed E-state index contributed by atoms with van der Waals surface area (Å²) in [5.74, 6) is 0.166. The van der Waals surface area contributed by atoms with Crippen molar-refractivity contribution in [2.75, 3.05) is 14.2 Å². The van der Waals surface area contributed by atoms with Crippen molar-refractivity contribution in [2.45, 2.75) is 0 Å². The van der Waals surface area contributed by atoms with Crippen LogP contribution in [-0.2, 0) is 13.6 Å². The largest absolute Gasteiger partial charge is 0.529 e. The van der Waals surface area contributed by atoms with Gasteiger partial charge >= 0.3 is 7.82 Å². The number of phosphoric acid groups is 1. The molecule has 5 nitrogen and oxygen atoms in total. The Hall–Kier alpha value is -1.16. The van der Waals surface area contributed by atoms with E-state index in [-0.39, 0.29) is 11.3 Å². The first kappa shape index (κ1) is 11.9. The first-order valence-electron chi connectivity index (χ1n) is 4.10. The molecule has 0 bridgehead atoms. The first-order chi connectivity index (χ1) is 7.15. The Balaban J connectivity index is 2.98. The van der Waals surface area contributed by atoms with Gasteiger partial charge in [0.25, 0.3) is 0 Å². The van der Waals surface area contributed by atoms with E-state index in [0.717, 1.165) is 0 Å². The van der Waals surface area contributed by atoms with E-state index in [4.69, 9.17) is 4.52 Å². The normalized spacial score (nSPS) is 11.1. The Kier molecular flexibility index (Phi) is 4.03. The van der Waals surface area contributed by atoms with Gasteiger partial charge in [0.1, 0.15) is 5.75 Å². The third kappa shape index (κ3) is 2.89. The summed E-state index contributed by atoms with van der Waals surface area (Å²) in [4.78, 5) is 10.6. The lowest BCUT2D eigenvalue weighted by atomic mass is 10.2. The van der Waals surface area contributed by atoms with Crippen molar-refractivity contribution >= 4 is 14.1 Å². The van der Waals surface area contributed by atoms with Crippen molar-refractivity contribution in [2.24, 2.45) is 0 Å². The Labute approximate surface area is 87.6 Å². The molecule has 0 aliphatic heterocycles. The molecule has 0 aliphatic rings. The van der Waals surface area contributed by atoms with Crippen molar-refractivity contribution in [1.82, 2.24) is 0 Å². The van der Waals surface area contributed by atoms with Gasteiger partial charge in [0.15, 0.2) is 6.29 Å². The smallest absolute Gasteiger partial charge is 0.403 e. The van der Waals surface area contributed by atoms with Gasteiger partial charge in [-0.2, -0.15) is 0 Å². The monoisotopic (exact) mass is 230 g/mol. The molecule has 6 heteroatoms. The Morgan fingerprint density at radius 1 is 1.20 bits per heavy atom. The zero-order valence-electron chi connectivity index (χ0n) is 8.38. The highest BCUT2D eigenvalue weighted by Gasteiger charge is 2.25. The van der Waals surface area contributed by atoms with Crippen molar-refractivity contribution < 1.29 is 22.9 Å². The van der Waals surface area contributed by atoms with Crippen LogP contribution in [0.25, 0.3) is 0 Å². The minimum absolute atomic E-state index is 0.166. The standard InChI is InChI=1S/C9H11O5P/c1-12-15(11,13-2)14-9-6-4-3-5-8(9)7-10/h3-7H,1-2H3. The fourth-order valence-electron chi connectivity index (χ4n) is 0.931. The third-order valence-electron chi connectivity index (χ3n) is 1.70. The van der Waals surface area contributed by atoms with E-state index < -0.39 is 7.82 Å². The van der Waals surface area contributed by atoms with Crippen molar-refractivity contribution in [1.29, 1.82) is 0 Å². The SMILES string of the molecule is COP(=O)(OC)Oc1ccccc1C=O. The number of carbonyl (C=O) groups is 1. The molecule has 0 N–H and O–H groups in total. The molecule has 0 fully saturated rings. The predicted molar refractivity (Wildman–Crippen MR) is 54.1 cm³/mol. The maximum absolute atomic E-state index is 11.6. The maximum atomic E-state index is 11.6. The van der Waals surface area contributed by atoms with E-state index >= 15 is 0 Å². The topological polar surface area (TPSA) is 61.8 Å². The summed E-state index contributed by atoms with van der Waals surface area (Å²) in [6.07, 6.45) is 0.602. The molecule has 0 unspecified atom stereocenters. The maximum Gasteiger partial charge on any atom is 0.529 e. The lowest BCUT2D eigenvalue weighted by Crippen LogP contribution is -1.99. The zero-order valence-corrected chi connectivity index (χ0v) is 9.27. The number of phosphoric ester groups is 1. The minimum Gasteiger partial charge on any atom is -0.403 e. The summed E-state index contributed by atoms with van der Waals surface area (Å²) in [6.45, 7) is 0. The van der Waals surface area contributed by atoms with Gasteiger partial charge < -0.3 is 4.52 Å². The summed E-state index contributed by atoms with van der Waals surface area (Å²) in [6, 6.07) is 6.37. The van der Waals surface area contributed by atoms with Crippen LogP contribution in [0.1, 0.15) is 10.4 Å². The molecule has 0 atom stereocenters. The number of aldehydes is 1. The second-order valence-corrected chi connectivity index (χ2v) is 4.37. The van der Waals surface area contributed by atoms with Crippen LogP contribution in [0.2, 0.25) is 0 Å². The van der Waals surface area contributed by atoms with Gasteiger partial charge in [-0.15, -0.1) is 0 Å². The highest BCUT2D eigenvalue weighted by atomic mass is 31.2. The minimum atomic E-state index is -3.60. The van der Waals surface area contributed by atoms with Gasteiger partial charge in [0, 0.05) is 14.2 Å². The van der Waals surface area contributed by atoms with Crippen LogP contribution in [0.5, 0.6) is 5.75 Å². The Morgan fingerprint density at radius 2 is 1.80 bits per heavy atom. The average Bonchev–Trinajstić information content (AvgIpc) is 2.29. The highest BCUT2D eigenvalue weighted by molar-refractivity contribution is 7.48. The Morgan fingerprint density at radius 3 is 2.33 bits per heavy atom. The Bertz CT molecular complexity index is 382. The average molecular weight is 230 g/mol. The molecule has 0 heterocycles. The van der Waals surface area contributed by atoms with Crippen LogP contribution in [-0.4, -0.2) is 20.5 Å². The number of hydrogen-bond acceptors (Lipinski definition) is 5. The molecule has 1 aromatic carbocycles. The number of carbonyl (C=O) groups excluding carboxylic acids is 1. The van der Waals surface area contributed by atoms with Gasteiger partial charge in [0.2, 0.25) is 0 Å². The van der Waals surface area contributed by atoms with Crippen LogP contribution in [0.15, 0.2) is 24.3 Å². The van der Waals surface area contributed by atoms with Crippen LogP contribution in [0.3, 0.4) is 0 Å². The molecular formula is C9H11O5P. The molecule has 0 saturated carbocycles. The second-order valence-electron chi connectivity index (χ2n) is 2.56.